The molecule has 0 unspecified atom stereocenters. The van der Waals surface area contributed by atoms with E-state index in [0.717, 1.165) is 37.7 Å². The number of benzene rings is 1. The molecule has 2 aliphatic heterocycles. The molecule has 1 saturated carbocycles. The smallest absolute Gasteiger partial charge is 0.126 e. The van der Waals surface area contributed by atoms with Crippen molar-refractivity contribution in [1.82, 2.24) is 5.32 Å². The Morgan fingerprint density at radius 1 is 1.04 bits per heavy atom. The van der Waals surface area contributed by atoms with Gasteiger partial charge in [-0.25, -0.2) is 0 Å². The standard InChI is InChI=1S/C20H29NO2/c1-13-10-14(2)20-17(11-13)18(4-3-8-23-20)21-16-7-9-22-19(12-16)15-5-6-15/h10-11,15-16,18-19,21H,3-9,12H2,1-2H3/t16-,18+,19+/m0/s1. The Morgan fingerprint density at radius 3 is 2.74 bits per heavy atom. The van der Waals surface area contributed by atoms with Crippen LogP contribution in [-0.4, -0.2) is 25.4 Å². The molecule has 0 amide bonds. The van der Waals surface area contributed by atoms with E-state index in [1.165, 1.54) is 42.4 Å². The Hall–Kier alpha value is -1.06. The van der Waals surface area contributed by atoms with Gasteiger partial charge in [-0.15, -0.1) is 0 Å². The number of hydrogen-bond donors (Lipinski definition) is 1. The van der Waals surface area contributed by atoms with E-state index in [9.17, 15) is 0 Å². The third-order valence-electron chi connectivity index (χ3n) is 5.61. The predicted molar refractivity (Wildman–Crippen MR) is 92.0 cm³/mol. The monoisotopic (exact) mass is 315 g/mol. The van der Waals surface area contributed by atoms with E-state index in [4.69, 9.17) is 9.47 Å². The first kappa shape index (κ1) is 15.5. The SMILES string of the molecule is Cc1cc(C)c2c(c1)[C@H](N[C@H]1CCO[C@@H](C3CC3)C1)CCCO2. The average Bonchev–Trinajstić information content (AvgIpc) is 3.36. The fourth-order valence-electron chi connectivity index (χ4n) is 4.29. The molecule has 1 N–H and O–H groups in total. The molecule has 2 fully saturated rings. The summed E-state index contributed by atoms with van der Waals surface area (Å²) in [6.07, 6.45) is 7.86. The van der Waals surface area contributed by atoms with Crippen LogP contribution in [0.25, 0.3) is 0 Å². The zero-order chi connectivity index (χ0) is 15.8. The molecule has 23 heavy (non-hydrogen) atoms. The van der Waals surface area contributed by atoms with Crippen LogP contribution >= 0.6 is 0 Å². The molecule has 0 bridgehead atoms. The lowest BCUT2D eigenvalue weighted by Crippen LogP contribution is -2.41. The molecule has 4 rings (SSSR count). The van der Waals surface area contributed by atoms with Crippen molar-refractivity contribution in [3.05, 3.63) is 28.8 Å². The summed E-state index contributed by atoms with van der Waals surface area (Å²) in [6.45, 7) is 6.12. The minimum absolute atomic E-state index is 0.425. The van der Waals surface area contributed by atoms with Crippen molar-refractivity contribution >= 4 is 0 Å². The molecule has 1 aromatic rings. The summed E-state index contributed by atoms with van der Waals surface area (Å²) in [7, 11) is 0. The Morgan fingerprint density at radius 2 is 1.91 bits per heavy atom. The highest BCUT2D eigenvalue weighted by molar-refractivity contribution is 5.46. The number of rotatable bonds is 3. The van der Waals surface area contributed by atoms with E-state index in [1.54, 1.807) is 0 Å². The van der Waals surface area contributed by atoms with E-state index >= 15 is 0 Å². The molecular formula is C20H29NO2. The summed E-state index contributed by atoms with van der Waals surface area (Å²) in [4.78, 5) is 0. The maximum absolute atomic E-state index is 6.06. The summed E-state index contributed by atoms with van der Waals surface area (Å²) in [5, 5.41) is 3.96. The van der Waals surface area contributed by atoms with Gasteiger partial charge in [0.15, 0.2) is 0 Å². The van der Waals surface area contributed by atoms with Crippen LogP contribution in [0.4, 0.5) is 0 Å². The van der Waals surface area contributed by atoms with Crippen molar-refractivity contribution in [3.63, 3.8) is 0 Å². The minimum Gasteiger partial charge on any atom is -0.493 e. The fourth-order valence-corrected chi connectivity index (χ4v) is 4.29. The molecule has 3 atom stereocenters. The molecule has 0 spiro atoms. The number of ether oxygens (including phenoxy) is 2. The number of hydrogen-bond acceptors (Lipinski definition) is 3. The van der Waals surface area contributed by atoms with Gasteiger partial charge in [0.1, 0.15) is 5.75 Å². The quantitative estimate of drug-likeness (QED) is 0.912. The summed E-state index contributed by atoms with van der Waals surface area (Å²) in [6, 6.07) is 5.57. The highest BCUT2D eigenvalue weighted by atomic mass is 16.5. The first-order valence-electron chi connectivity index (χ1n) is 9.32. The van der Waals surface area contributed by atoms with Gasteiger partial charge in [0.05, 0.1) is 12.7 Å². The van der Waals surface area contributed by atoms with Gasteiger partial charge in [-0.1, -0.05) is 17.7 Å². The fraction of sp³-hybridized carbons (Fsp3) is 0.700. The maximum atomic E-state index is 6.06. The van der Waals surface area contributed by atoms with Gasteiger partial charge in [-0.3, -0.25) is 0 Å². The van der Waals surface area contributed by atoms with Gasteiger partial charge in [0.2, 0.25) is 0 Å². The van der Waals surface area contributed by atoms with Crippen LogP contribution < -0.4 is 10.1 Å². The van der Waals surface area contributed by atoms with E-state index in [1.807, 2.05) is 0 Å². The molecule has 0 aromatic heterocycles. The molecule has 3 aliphatic rings. The minimum atomic E-state index is 0.425. The van der Waals surface area contributed by atoms with Crippen molar-refractivity contribution < 1.29 is 9.47 Å². The van der Waals surface area contributed by atoms with Gasteiger partial charge < -0.3 is 14.8 Å². The number of aryl methyl sites for hydroxylation is 2. The van der Waals surface area contributed by atoms with Crippen LogP contribution in [0.15, 0.2) is 12.1 Å². The second kappa shape index (κ2) is 6.45. The third kappa shape index (κ3) is 3.41. The molecule has 2 heterocycles. The number of nitrogens with one attached hydrogen (secondary N) is 1. The molecule has 3 nitrogen and oxygen atoms in total. The molecule has 1 aliphatic carbocycles. The average molecular weight is 315 g/mol. The van der Waals surface area contributed by atoms with Gasteiger partial charge in [-0.05, 0) is 63.9 Å². The maximum Gasteiger partial charge on any atom is 0.126 e. The van der Waals surface area contributed by atoms with Crippen LogP contribution in [0.2, 0.25) is 0 Å². The van der Waals surface area contributed by atoms with Gasteiger partial charge in [-0.2, -0.15) is 0 Å². The summed E-state index contributed by atoms with van der Waals surface area (Å²) < 4.78 is 12.0. The lowest BCUT2D eigenvalue weighted by atomic mass is 9.94. The van der Waals surface area contributed by atoms with E-state index < -0.39 is 0 Å². The summed E-state index contributed by atoms with van der Waals surface area (Å²) in [5.74, 6) is 1.96. The van der Waals surface area contributed by atoms with Crippen LogP contribution in [-0.2, 0) is 4.74 Å². The van der Waals surface area contributed by atoms with E-state index in [2.05, 4.69) is 31.3 Å². The van der Waals surface area contributed by atoms with Crippen molar-refractivity contribution in [2.24, 2.45) is 5.92 Å². The molecule has 126 valence electrons. The topological polar surface area (TPSA) is 30.5 Å². The Balaban J connectivity index is 1.52. The van der Waals surface area contributed by atoms with Crippen molar-refractivity contribution in [3.8, 4) is 5.75 Å². The Labute approximate surface area is 139 Å². The molecule has 1 aromatic carbocycles. The second-order valence-electron chi connectivity index (χ2n) is 7.68. The van der Waals surface area contributed by atoms with Crippen molar-refractivity contribution in [1.29, 1.82) is 0 Å². The molecule has 3 heteroatoms. The van der Waals surface area contributed by atoms with E-state index in [0.29, 0.717) is 18.2 Å². The van der Waals surface area contributed by atoms with Crippen molar-refractivity contribution in [2.45, 2.75) is 70.6 Å². The van der Waals surface area contributed by atoms with Crippen LogP contribution in [0.1, 0.15) is 61.3 Å². The van der Waals surface area contributed by atoms with E-state index in [-0.39, 0.29) is 0 Å². The van der Waals surface area contributed by atoms with Gasteiger partial charge >= 0.3 is 0 Å². The predicted octanol–water partition coefficient (Wildman–Crippen LogP) is 4.06. The lowest BCUT2D eigenvalue weighted by molar-refractivity contribution is -0.0130. The number of fused-ring (bicyclic) bond motifs is 1. The largest absolute Gasteiger partial charge is 0.493 e. The van der Waals surface area contributed by atoms with Crippen LogP contribution in [0.5, 0.6) is 5.75 Å². The Bertz CT molecular complexity index is 567. The lowest BCUT2D eigenvalue weighted by Gasteiger charge is -2.33. The zero-order valence-corrected chi connectivity index (χ0v) is 14.4. The highest BCUT2D eigenvalue weighted by Gasteiger charge is 2.36. The third-order valence-corrected chi connectivity index (χ3v) is 5.61. The van der Waals surface area contributed by atoms with Gasteiger partial charge in [0, 0.05) is 24.3 Å². The van der Waals surface area contributed by atoms with Gasteiger partial charge in [0.25, 0.3) is 0 Å². The van der Waals surface area contributed by atoms with Crippen LogP contribution in [0, 0.1) is 19.8 Å². The molecule has 1 saturated heterocycles. The Kier molecular flexibility index (Phi) is 4.33. The molecular weight excluding hydrogens is 286 g/mol. The highest BCUT2D eigenvalue weighted by Crippen LogP contribution is 2.40. The second-order valence-corrected chi connectivity index (χ2v) is 7.68. The normalized spacial score (nSPS) is 31.1. The summed E-state index contributed by atoms with van der Waals surface area (Å²) in [5.41, 5.74) is 3.98. The first-order valence-corrected chi connectivity index (χ1v) is 9.32. The van der Waals surface area contributed by atoms with Crippen molar-refractivity contribution in [2.75, 3.05) is 13.2 Å². The summed E-state index contributed by atoms with van der Waals surface area (Å²) >= 11 is 0. The zero-order valence-electron chi connectivity index (χ0n) is 14.4. The van der Waals surface area contributed by atoms with Crippen LogP contribution in [0.3, 0.4) is 0 Å². The first-order chi connectivity index (χ1) is 11.2. The molecule has 0 radical (unpaired) electrons.